The van der Waals surface area contributed by atoms with Gasteiger partial charge in [-0.1, -0.05) is 60.2 Å². The molecule has 0 radical (unpaired) electrons. The van der Waals surface area contributed by atoms with Crippen LogP contribution >= 0.6 is 11.6 Å². The normalized spacial score (nSPS) is 12.6. The molecule has 3 rings (SSSR count). The summed E-state index contributed by atoms with van der Waals surface area (Å²) >= 11 is 6.87. The van der Waals surface area contributed by atoms with Gasteiger partial charge in [0.15, 0.2) is 0 Å². The number of aryl methyl sites for hydroxylation is 3. The molecule has 1 heteroatoms. The van der Waals surface area contributed by atoms with Crippen LogP contribution in [0.2, 0.25) is 0 Å². The highest BCUT2D eigenvalue weighted by molar-refractivity contribution is 6.24. The van der Waals surface area contributed by atoms with E-state index in [2.05, 4.69) is 75.4 Å². The maximum Gasteiger partial charge on any atom is 0.0846 e. The van der Waals surface area contributed by atoms with Crippen molar-refractivity contribution in [3.63, 3.8) is 0 Å². The van der Waals surface area contributed by atoms with Gasteiger partial charge in [-0.05, 0) is 53.8 Å². The number of benzene rings is 3. The van der Waals surface area contributed by atoms with Gasteiger partial charge in [-0.15, -0.1) is 11.6 Å². The molecule has 0 saturated carbocycles. The highest BCUT2D eigenvalue weighted by Gasteiger charge is 2.18. The number of hydrogen-bond donors (Lipinski definition) is 0. The molecular weight excluding hydrogens is 276 g/mol. The van der Waals surface area contributed by atoms with E-state index in [1.165, 1.54) is 38.6 Å². The minimum absolute atomic E-state index is 0.114. The first-order valence-corrected chi connectivity index (χ1v) is 7.71. The van der Waals surface area contributed by atoms with Crippen LogP contribution in [0.5, 0.6) is 0 Å². The van der Waals surface area contributed by atoms with Crippen molar-refractivity contribution in [2.24, 2.45) is 0 Å². The lowest BCUT2D eigenvalue weighted by atomic mass is 9.92. The molecule has 106 valence electrons. The minimum atomic E-state index is -0.114. The van der Waals surface area contributed by atoms with Crippen LogP contribution < -0.4 is 0 Å². The molecule has 1 atom stereocenters. The molecule has 0 N–H and O–H groups in total. The standard InChI is InChI=1S/C20H19Cl/c1-13-8-11-17(15(3)12-13)20(21)19-14(2)9-10-16-6-4-5-7-18(16)19/h4-12,20H,1-3H3. The van der Waals surface area contributed by atoms with Gasteiger partial charge in [0.2, 0.25) is 0 Å². The van der Waals surface area contributed by atoms with Crippen LogP contribution in [0.15, 0.2) is 54.6 Å². The number of alkyl halides is 1. The Labute approximate surface area is 131 Å². The van der Waals surface area contributed by atoms with Gasteiger partial charge in [0.1, 0.15) is 0 Å². The highest BCUT2D eigenvalue weighted by atomic mass is 35.5. The lowest BCUT2D eigenvalue weighted by Gasteiger charge is -2.18. The SMILES string of the molecule is Cc1ccc(C(Cl)c2c(C)ccc3ccccc23)c(C)c1. The summed E-state index contributed by atoms with van der Waals surface area (Å²) in [5, 5.41) is 2.38. The van der Waals surface area contributed by atoms with Crippen LogP contribution in [0.4, 0.5) is 0 Å². The second-order valence-corrected chi connectivity index (χ2v) is 6.18. The van der Waals surface area contributed by atoms with Gasteiger partial charge in [-0.2, -0.15) is 0 Å². The van der Waals surface area contributed by atoms with Crippen LogP contribution in [0, 0.1) is 20.8 Å². The summed E-state index contributed by atoms with van der Waals surface area (Å²) in [6.45, 7) is 6.39. The van der Waals surface area contributed by atoms with E-state index in [1.54, 1.807) is 0 Å². The molecule has 3 aromatic carbocycles. The zero-order valence-electron chi connectivity index (χ0n) is 12.7. The van der Waals surface area contributed by atoms with E-state index < -0.39 is 0 Å². The van der Waals surface area contributed by atoms with Gasteiger partial charge in [0.25, 0.3) is 0 Å². The van der Waals surface area contributed by atoms with Crippen molar-refractivity contribution in [3.8, 4) is 0 Å². The number of hydrogen-bond acceptors (Lipinski definition) is 0. The van der Waals surface area contributed by atoms with Crippen molar-refractivity contribution < 1.29 is 0 Å². The molecule has 3 aromatic rings. The monoisotopic (exact) mass is 294 g/mol. The Balaban J connectivity index is 2.21. The van der Waals surface area contributed by atoms with Crippen molar-refractivity contribution in [2.45, 2.75) is 26.1 Å². The summed E-state index contributed by atoms with van der Waals surface area (Å²) in [5.41, 5.74) is 6.19. The van der Waals surface area contributed by atoms with E-state index in [4.69, 9.17) is 11.6 Å². The molecule has 0 aromatic heterocycles. The molecule has 1 unspecified atom stereocenters. The van der Waals surface area contributed by atoms with E-state index >= 15 is 0 Å². The predicted molar refractivity (Wildman–Crippen MR) is 92.3 cm³/mol. The van der Waals surface area contributed by atoms with Crippen LogP contribution in [-0.2, 0) is 0 Å². The molecule has 0 nitrogen and oxygen atoms in total. The summed E-state index contributed by atoms with van der Waals surface area (Å²) in [6, 6.07) is 19.3. The van der Waals surface area contributed by atoms with E-state index in [-0.39, 0.29) is 5.38 Å². The van der Waals surface area contributed by atoms with Crippen molar-refractivity contribution in [3.05, 3.63) is 82.4 Å². The van der Waals surface area contributed by atoms with Crippen LogP contribution in [0.25, 0.3) is 10.8 Å². The van der Waals surface area contributed by atoms with Crippen molar-refractivity contribution >= 4 is 22.4 Å². The molecular formula is C20H19Cl. The zero-order valence-corrected chi connectivity index (χ0v) is 13.4. The Morgan fingerprint density at radius 1 is 0.810 bits per heavy atom. The molecule has 0 aliphatic rings. The van der Waals surface area contributed by atoms with Crippen LogP contribution in [-0.4, -0.2) is 0 Å². The van der Waals surface area contributed by atoms with Gasteiger partial charge in [-0.25, -0.2) is 0 Å². The van der Waals surface area contributed by atoms with Crippen molar-refractivity contribution in [1.82, 2.24) is 0 Å². The second-order valence-electron chi connectivity index (χ2n) is 5.74. The second kappa shape index (κ2) is 5.54. The third-order valence-electron chi connectivity index (χ3n) is 4.14. The third-order valence-corrected chi connectivity index (χ3v) is 4.59. The molecule has 0 fully saturated rings. The maximum atomic E-state index is 6.87. The van der Waals surface area contributed by atoms with E-state index in [0.29, 0.717) is 0 Å². The molecule has 0 aliphatic carbocycles. The lowest BCUT2D eigenvalue weighted by molar-refractivity contribution is 1.10. The summed E-state index contributed by atoms with van der Waals surface area (Å²) in [7, 11) is 0. The zero-order chi connectivity index (χ0) is 15.0. The van der Waals surface area contributed by atoms with E-state index in [9.17, 15) is 0 Å². The van der Waals surface area contributed by atoms with Gasteiger partial charge in [0.05, 0.1) is 5.38 Å². The average molecular weight is 295 g/mol. The van der Waals surface area contributed by atoms with Crippen molar-refractivity contribution in [2.75, 3.05) is 0 Å². The quantitative estimate of drug-likeness (QED) is 0.501. The first kappa shape index (κ1) is 14.2. The van der Waals surface area contributed by atoms with Gasteiger partial charge in [-0.3, -0.25) is 0 Å². The van der Waals surface area contributed by atoms with E-state index in [1.807, 2.05) is 0 Å². The fourth-order valence-electron chi connectivity index (χ4n) is 3.01. The Hall–Kier alpha value is -1.79. The summed E-state index contributed by atoms with van der Waals surface area (Å²) in [5.74, 6) is 0. The van der Waals surface area contributed by atoms with Gasteiger partial charge in [0, 0.05) is 0 Å². The lowest BCUT2D eigenvalue weighted by Crippen LogP contribution is -2.00. The molecule has 0 heterocycles. The largest absolute Gasteiger partial charge is 0.113 e. The minimum Gasteiger partial charge on any atom is -0.113 e. The smallest absolute Gasteiger partial charge is 0.0846 e. The molecule has 21 heavy (non-hydrogen) atoms. The van der Waals surface area contributed by atoms with E-state index in [0.717, 1.165) is 0 Å². The predicted octanol–water partition coefficient (Wildman–Crippen LogP) is 6.09. The molecule has 0 spiro atoms. The summed E-state index contributed by atoms with van der Waals surface area (Å²) < 4.78 is 0. The highest BCUT2D eigenvalue weighted by Crippen LogP contribution is 2.37. The number of fused-ring (bicyclic) bond motifs is 1. The first-order valence-electron chi connectivity index (χ1n) is 7.27. The number of rotatable bonds is 2. The maximum absolute atomic E-state index is 6.87. The average Bonchev–Trinajstić information content (AvgIpc) is 2.46. The molecule has 0 saturated heterocycles. The first-order chi connectivity index (χ1) is 10.1. The third kappa shape index (κ3) is 2.56. The summed E-state index contributed by atoms with van der Waals surface area (Å²) in [4.78, 5) is 0. The molecule has 0 bridgehead atoms. The van der Waals surface area contributed by atoms with Gasteiger partial charge < -0.3 is 0 Å². The van der Waals surface area contributed by atoms with Gasteiger partial charge >= 0.3 is 0 Å². The molecule has 0 amide bonds. The Kier molecular flexibility index (Phi) is 3.73. The van der Waals surface area contributed by atoms with Crippen LogP contribution in [0.1, 0.15) is 33.2 Å². The Morgan fingerprint density at radius 3 is 2.33 bits per heavy atom. The van der Waals surface area contributed by atoms with Crippen molar-refractivity contribution in [1.29, 1.82) is 0 Å². The van der Waals surface area contributed by atoms with Crippen LogP contribution in [0.3, 0.4) is 0 Å². The molecule has 0 aliphatic heterocycles. The Morgan fingerprint density at radius 2 is 1.57 bits per heavy atom. The number of halogens is 1. The fourth-order valence-corrected chi connectivity index (χ4v) is 3.54. The Bertz CT molecular complexity index is 802. The summed E-state index contributed by atoms with van der Waals surface area (Å²) in [6.07, 6.45) is 0. The fraction of sp³-hybridized carbons (Fsp3) is 0.200. The topological polar surface area (TPSA) is 0 Å².